The number of carboxylic acid groups (broad SMARTS) is 1. The fourth-order valence-electron chi connectivity index (χ4n) is 2.33. The number of hydrogen-bond acceptors (Lipinski definition) is 2. The van der Waals surface area contributed by atoms with Crippen LogP contribution in [0.5, 0.6) is 0 Å². The van der Waals surface area contributed by atoms with Crippen LogP contribution in [0.3, 0.4) is 0 Å². The number of unbranched alkanes of at least 4 members (excludes halogenated alkanes) is 1. The van der Waals surface area contributed by atoms with Gasteiger partial charge in [-0.05, 0) is 31.9 Å². The van der Waals surface area contributed by atoms with Crippen molar-refractivity contribution in [2.75, 3.05) is 11.4 Å². The Morgan fingerprint density at radius 1 is 1.26 bits per heavy atom. The van der Waals surface area contributed by atoms with E-state index in [1.807, 2.05) is 36.1 Å². The Morgan fingerprint density at radius 2 is 1.89 bits per heavy atom. The zero-order valence-electron chi connectivity index (χ0n) is 12.2. The molecule has 0 fully saturated rings. The third-order valence-corrected chi connectivity index (χ3v) is 3.47. The van der Waals surface area contributed by atoms with E-state index in [2.05, 4.69) is 13.8 Å². The number of carbonyl (C=O) groups is 1. The maximum absolute atomic E-state index is 11.1. The molecule has 1 aromatic carbocycles. The van der Waals surface area contributed by atoms with Gasteiger partial charge in [-0.2, -0.15) is 0 Å². The summed E-state index contributed by atoms with van der Waals surface area (Å²) in [5.74, 6) is -0.768. The minimum absolute atomic E-state index is 0.0747. The van der Waals surface area contributed by atoms with E-state index in [9.17, 15) is 4.79 Å². The largest absolute Gasteiger partial charge is 0.480 e. The van der Waals surface area contributed by atoms with Crippen molar-refractivity contribution >= 4 is 11.7 Å². The summed E-state index contributed by atoms with van der Waals surface area (Å²) >= 11 is 0. The molecule has 1 atom stereocenters. The molecular formula is C16H25NO2. The molecule has 0 aromatic heterocycles. The summed E-state index contributed by atoms with van der Waals surface area (Å²) in [6.45, 7) is 6.41. The van der Waals surface area contributed by atoms with Crippen LogP contribution in [0.25, 0.3) is 0 Å². The minimum Gasteiger partial charge on any atom is -0.480 e. The van der Waals surface area contributed by atoms with Crippen LogP contribution < -0.4 is 4.90 Å². The summed E-state index contributed by atoms with van der Waals surface area (Å²) in [6.07, 6.45) is 4.31. The number of carboxylic acids is 1. The lowest BCUT2D eigenvalue weighted by molar-refractivity contribution is -0.135. The van der Waals surface area contributed by atoms with Gasteiger partial charge in [0.25, 0.3) is 0 Å². The van der Waals surface area contributed by atoms with Crippen LogP contribution in [-0.2, 0) is 4.79 Å². The summed E-state index contributed by atoms with van der Waals surface area (Å²) in [6, 6.07) is 8.42. The highest BCUT2D eigenvalue weighted by atomic mass is 16.4. The van der Waals surface area contributed by atoms with Crippen molar-refractivity contribution in [1.82, 2.24) is 0 Å². The summed E-state index contributed by atoms with van der Waals surface area (Å²) in [5.41, 5.74) is 2.21. The monoisotopic (exact) mass is 263 g/mol. The van der Waals surface area contributed by atoms with E-state index < -0.39 is 5.97 Å². The van der Waals surface area contributed by atoms with Gasteiger partial charge < -0.3 is 10.0 Å². The van der Waals surface area contributed by atoms with Crippen LogP contribution in [0.2, 0.25) is 0 Å². The van der Waals surface area contributed by atoms with E-state index >= 15 is 0 Å². The quantitative estimate of drug-likeness (QED) is 0.774. The number of aliphatic carboxylic acids is 1. The van der Waals surface area contributed by atoms with Gasteiger partial charge in [0, 0.05) is 11.7 Å². The average molecular weight is 263 g/mol. The molecule has 0 spiro atoms. The highest BCUT2D eigenvalue weighted by Gasteiger charge is 2.19. The summed E-state index contributed by atoms with van der Waals surface area (Å²) < 4.78 is 0. The highest BCUT2D eigenvalue weighted by Crippen LogP contribution is 2.22. The van der Waals surface area contributed by atoms with Crippen LogP contribution in [0.4, 0.5) is 5.69 Å². The molecule has 0 aliphatic rings. The van der Waals surface area contributed by atoms with E-state index in [0.29, 0.717) is 6.04 Å². The number of nitrogens with zero attached hydrogens (tertiary/aromatic N) is 1. The zero-order chi connectivity index (χ0) is 14.3. The van der Waals surface area contributed by atoms with Gasteiger partial charge in [-0.1, -0.05) is 44.4 Å². The van der Waals surface area contributed by atoms with E-state index in [4.69, 9.17) is 5.11 Å². The molecule has 0 amide bonds. The lowest BCUT2D eigenvalue weighted by atomic mass is 10.0. The van der Waals surface area contributed by atoms with Gasteiger partial charge in [-0.15, -0.1) is 0 Å². The van der Waals surface area contributed by atoms with Crippen molar-refractivity contribution in [3.8, 4) is 0 Å². The van der Waals surface area contributed by atoms with Gasteiger partial charge in [-0.3, -0.25) is 4.79 Å². The fourth-order valence-corrected chi connectivity index (χ4v) is 2.33. The van der Waals surface area contributed by atoms with Crippen molar-refractivity contribution in [3.63, 3.8) is 0 Å². The van der Waals surface area contributed by atoms with Gasteiger partial charge in [-0.25, -0.2) is 0 Å². The molecule has 0 radical (unpaired) electrons. The first-order chi connectivity index (χ1) is 9.08. The first-order valence-electron chi connectivity index (χ1n) is 7.13. The molecular weight excluding hydrogens is 238 g/mol. The standard InChI is InChI=1S/C16H25NO2/c1-4-6-7-14(5-2)17(12-16(18)19)15-10-8-13(3)9-11-15/h8-11,14H,4-7,12H2,1-3H3,(H,18,19). The summed E-state index contributed by atoms with van der Waals surface area (Å²) in [4.78, 5) is 13.1. The Balaban J connectivity index is 2.91. The fraction of sp³-hybridized carbons (Fsp3) is 0.562. The van der Waals surface area contributed by atoms with Crippen LogP contribution in [0.15, 0.2) is 24.3 Å². The lowest BCUT2D eigenvalue weighted by Gasteiger charge is -2.32. The molecule has 3 heteroatoms. The third kappa shape index (κ3) is 4.93. The van der Waals surface area contributed by atoms with Crippen molar-refractivity contribution in [3.05, 3.63) is 29.8 Å². The topological polar surface area (TPSA) is 40.5 Å². The van der Waals surface area contributed by atoms with Crippen molar-refractivity contribution < 1.29 is 9.90 Å². The van der Waals surface area contributed by atoms with E-state index in [0.717, 1.165) is 31.4 Å². The van der Waals surface area contributed by atoms with E-state index in [-0.39, 0.29) is 6.54 Å². The second-order valence-corrected chi connectivity index (χ2v) is 5.06. The summed E-state index contributed by atoms with van der Waals surface area (Å²) in [5, 5.41) is 9.13. The smallest absolute Gasteiger partial charge is 0.323 e. The second-order valence-electron chi connectivity index (χ2n) is 5.06. The van der Waals surface area contributed by atoms with Gasteiger partial charge in [0.15, 0.2) is 0 Å². The van der Waals surface area contributed by atoms with Gasteiger partial charge >= 0.3 is 5.97 Å². The maximum atomic E-state index is 11.1. The number of rotatable bonds is 8. The Kier molecular flexibility index (Phi) is 6.40. The van der Waals surface area contributed by atoms with Crippen molar-refractivity contribution in [2.24, 2.45) is 0 Å². The molecule has 1 unspecified atom stereocenters. The van der Waals surface area contributed by atoms with Crippen molar-refractivity contribution in [2.45, 2.75) is 52.5 Å². The zero-order valence-corrected chi connectivity index (χ0v) is 12.2. The number of benzene rings is 1. The molecule has 19 heavy (non-hydrogen) atoms. The number of aryl methyl sites for hydroxylation is 1. The molecule has 1 N–H and O–H groups in total. The molecule has 0 bridgehead atoms. The van der Waals surface area contributed by atoms with Gasteiger partial charge in [0.2, 0.25) is 0 Å². The SMILES string of the molecule is CCCCC(CC)N(CC(=O)O)c1ccc(C)cc1. The Labute approximate surface area is 116 Å². The molecule has 0 aliphatic heterocycles. The van der Waals surface area contributed by atoms with E-state index in [1.54, 1.807) is 0 Å². The molecule has 3 nitrogen and oxygen atoms in total. The Morgan fingerprint density at radius 3 is 2.37 bits per heavy atom. The van der Waals surface area contributed by atoms with Crippen LogP contribution in [0, 0.1) is 6.92 Å². The molecule has 1 aromatic rings. The van der Waals surface area contributed by atoms with Crippen LogP contribution in [0.1, 0.15) is 45.1 Å². The second kappa shape index (κ2) is 7.82. The van der Waals surface area contributed by atoms with Gasteiger partial charge in [0.1, 0.15) is 6.54 Å². The van der Waals surface area contributed by atoms with Crippen molar-refractivity contribution in [1.29, 1.82) is 0 Å². The molecule has 0 saturated heterocycles. The third-order valence-electron chi connectivity index (χ3n) is 3.47. The molecule has 0 aliphatic carbocycles. The van der Waals surface area contributed by atoms with Crippen LogP contribution in [-0.4, -0.2) is 23.7 Å². The van der Waals surface area contributed by atoms with Gasteiger partial charge in [0.05, 0.1) is 0 Å². The molecule has 1 rings (SSSR count). The Hall–Kier alpha value is -1.51. The first-order valence-corrected chi connectivity index (χ1v) is 7.13. The first kappa shape index (κ1) is 15.5. The molecule has 0 saturated carbocycles. The molecule has 106 valence electrons. The normalized spacial score (nSPS) is 12.2. The number of hydrogen-bond donors (Lipinski definition) is 1. The van der Waals surface area contributed by atoms with E-state index in [1.165, 1.54) is 5.56 Å². The van der Waals surface area contributed by atoms with Crippen LogP contribution >= 0.6 is 0 Å². The highest BCUT2D eigenvalue weighted by molar-refractivity contribution is 5.74. The summed E-state index contributed by atoms with van der Waals surface area (Å²) in [7, 11) is 0. The predicted octanol–water partition coefficient (Wildman–Crippen LogP) is 3.85. The lowest BCUT2D eigenvalue weighted by Crippen LogP contribution is -2.39. The number of anilines is 1. The molecule has 0 heterocycles. The maximum Gasteiger partial charge on any atom is 0.323 e. The average Bonchev–Trinajstić information content (AvgIpc) is 2.39. The Bertz CT molecular complexity index is 386. The minimum atomic E-state index is -0.768. The predicted molar refractivity (Wildman–Crippen MR) is 79.8 cm³/mol.